The molecule has 188 valence electrons. The summed E-state index contributed by atoms with van der Waals surface area (Å²) in [7, 11) is 0. The maximum Gasteiger partial charge on any atom is 0.263 e. The fourth-order valence-electron chi connectivity index (χ4n) is 4.09. The van der Waals surface area contributed by atoms with Gasteiger partial charge in [-0.15, -0.1) is 0 Å². The average molecular weight is 488 g/mol. The summed E-state index contributed by atoms with van der Waals surface area (Å²) < 4.78 is 18.4. The van der Waals surface area contributed by atoms with E-state index in [-0.39, 0.29) is 24.5 Å². The Labute approximate surface area is 213 Å². The molecule has 1 amide bonds. The molecule has 0 fully saturated rings. The first-order valence-corrected chi connectivity index (χ1v) is 12.3. The van der Waals surface area contributed by atoms with Crippen LogP contribution in [0, 0.1) is 18.3 Å². The number of aromatic nitrogens is 1. The molecule has 0 aliphatic heterocycles. The van der Waals surface area contributed by atoms with E-state index in [0.717, 1.165) is 22.3 Å². The number of rotatable bonds is 11. The molecular formula is C30H34FN3O2. The van der Waals surface area contributed by atoms with Crippen molar-refractivity contribution in [1.82, 2.24) is 10.3 Å². The van der Waals surface area contributed by atoms with Crippen LogP contribution in [0.4, 0.5) is 4.39 Å². The van der Waals surface area contributed by atoms with Crippen LogP contribution in [0.5, 0.6) is 5.88 Å². The predicted molar refractivity (Wildman–Crippen MR) is 140 cm³/mol. The van der Waals surface area contributed by atoms with E-state index in [1.807, 2.05) is 50.2 Å². The van der Waals surface area contributed by atoms with E-state index < -0.39 is 5.60 Å². The molecule has 0 aliphatic carbocycles. The first kappa shape index (κ1) is 26.9. The Morgan fingerprint density at radius 1 is 1.14 bits per heavy atom. The summed E-state index contributed by atoms with van der Waals surface area (Å²) in [6.45, 7) is 7.03. The lowest BCUT2D eigenvalue weighted by Crippen LogP contribution is -2.51. The van der Waals surface area contributed by atoms with Gasteiger partial charge in [0, 0.05) is 24.2 Å². The fraction of sp³-hybridized carbons (Fsp3) is 0.367. The van der Waals surface area contributed by atoms with E-state index in [1.165, 1.54) is 0 Å². The second-order valence-electron chi connectivity index (χ2n) is 9.71. The maximum absolute atomic E-state index is 13.3. The number of carbonyl (C=O) groups is 1. The average Bonchev–Trinajstić information content (AvgIpc) is 2.87. The Morgan fingerprint density at radius 3 is 2.50 bits per heavy atom. The minimum Gasteiger partial charge on any atom is -0.462 e. The number of nitriles is 1. The zero-order valence-electron chi connectivity index (χ0n) is 21.4. The summed E-state index contributed by atoms with van der Waals surface area (Å²) in [5, 5.41) is 12.5. The highest BCUT2D eigenvalue weighted by Crippen LogP contribution is 2.27. The number of hydrogen-bond donors (Lipinski definition) is 1. The van der Waals surface area contributed by atoms with E-state index in [4.69, 9.17) is 4.74 Å². The van der Waals surface area contributed by atoms with E-state index in [2.05, 4.69) is 28.5 Å². The molecule has 3 aromatic rings. The first-order valence-electron chi connectivity index (χ1n) is 12.3. The van der Waals surface area contributed by atoms with Crippen molar-refractivity contribution in [3.63, 3.8) is 0 Å². The van der Waals surface area contributed by atoms with Crippen molar-refractivity contribution in [2.45, 2.75) is 64.5 Å². The summed E-state index contributed by atoms with van der Waals surface area (Å²) >= 11 is 0. The van der Waals surface area contributed by atoms with Crippen LogP contribution in [0.3, 0.4) is 0 Å². The zero-order chi connectivity index (χ0) is 26.1. The van der Waals surface area contributed by atoms with Gasteiger partial charge in [0.1, 0.15) is 0 Å². The van der Waals surface area contributed by atoms with Gasteiger partial charge in [0.25, 0.3) is 5.91 Å². The van der Waals surface area contributed by atoms with E-state index in [9.17, 15) is 14.4 Å². The van der Waals surface area contributed by atoms with E-state index in [0.29, 0.717) is 30.7 Å². The minimum atomic E-state index is -1.13. The number of carbonyl (C=O) groups excluding carboxylic acids is 1. The van der Waals surface area contributed by atoms with Crippen LogP contribution in [0.25, 0.3) is 0 Å². The number of halogens is 1. The van der Waals surface area contributed by atoms with Crippen LogP contribution in [0.2, 0.25) is 0 Å². The van der Waals surface area contributed by atoms with Crippen molar-refractivity contribution in [2.24, 2.45) is 0 Å². The molecule has 1 aromatic heterocycles. The Morgan fingerprint density at radius 2 is 1.86 bits per heavy atom. The van der Waals surface area contributed by atoms with Crippen LogP contribution >= 0.6 is 0 Å². The van der Waals surface area contributed by atoms with Crippen LogP contribution < -0.4 is 10.1 Å². The smallest absolute Gasteiger partial charge is 0.263 e. The molecule has 2 atom stereocenters. The van der Waals surface area contributed by atoms with Gasteiger partial charge in [0.15, 0.2) is 5.60 Å². The second kappa shape index (κ2) is 12.3. The third-order valence-corrected chi connectivity index (χ3v) is 6.27. The fourth-order valence-corrected chi connectivity index (χ4v) is 4.09. The summed E-state index contributed by atoms with van der Waals surface area (Å²) in [6, 6.07) is 21.3. The first-order chi connectivity index (χ1) is 17.2. The van der Waals surface area contributed by atoms with Crippen molar-refractivity contribution in [1.29, 1.82) is 5.26 Å². The molecule has 0 spiro atoms. The molecule has 0 unspecified atom stereocenters. The van der Waals surface area contributed by atoms with Gasteiger partial charge in [-0.3, -0.25) is 9.18 Å². The van der Waals surface area contributed by atoms with Gasteiger partial charge < -0.3 is 10.1 Å². The third-order valence-electron chi connectivity index (χ3n) is 6.27. The third kappa shape index (κ3) is 7.39. The Bertz CT molecular complexity index is 1180. The number of ether oxygens (including phenoxy) is 1. The number of amides is 1. The highest BCUT2D eigenvalue weighted by atomic mass is 19.1. The SMILES string of the molecule is Cc1ccc(OC(C)(C)C(=O)N[C@@H](C)[C@@H](Cc2ccc(CCCF)cc2)c2cccc(C#N)c2)nc1. The van der Waals surface area contributed by atoms with Crippen LogP contribution in [-0.2, 0) is 17.6 Å². The van der Waals surface area contributed by atoms with Gasteiger partial charge in [-0.2, -0.15) is 5.26 Å². The van der Waals surface area contributed by atoms with Gasteiger partial charge in [-0.25, -0.2) is 4.98 Å². The molecule has 0 radical (unpaired) electrons. The summed E-state index contributed by atoms with van der Waals surface area (Å²) in [5.41, 5.74) is 3.63. The largest absolute Gasteiger partial charge is 0.462 e. The van der Waals surface area contributed by atoms with Crippen LogP contribution in [-0.4, -0.2) is 29.2 Å². The molecule has 0 bridgehead atoms. The van der Waals surface area contributed by atoms with Crippen molar-refractivity contribution in [2.75, 3.05) is 6.67 Å². The number of hydrogen-bond acceptors (Lipinski definition) is 4. The van der Waals surface area contributed by atoms with Gasteiger partial charge in [0.05, 0.1) is 18.3 Å². The van der Waals surface area contributed by atoms with Crippen molar-refractivity contribution in [3.8, 4) is 11.9 Å². The van der Waals surface area contributed by atoms with Crippen LogP contribution in [0.15, 0.2) is 66.9 Å². The quantitative estimate of drug-likeness (QED) is 0.368. The van der Waals surface area contributed by atoms with Crippen LogP contribution in [0.1, 0.15) is 60.9 Å². The molecule has 1 heterocycles. The molecular weight excluding hydrogens is 453 g/mol. The normalized spacial score (nSPS) is 12.9. The molecule has 2 aromatic carbocycles. The minimum absolute atomic E-state index is 0.0766. The number of benzene rings is 2. The van der Waals surface area contributed by atoms with E-state index >= 15 is 0 Å². The second-order valence-corrected chi connectivity index (χ2v) is 9.71. The van der Waals surface area contributed by atoms with Gasteiger partial charge in [-0.05, 0) is 81.3 Å². The molecule has 3 rings (SSSR count). The van der Waals surface area contributed by atoms with Crippen molar-refractivity contribution >= 4 is 5.91 Å². The van der Waals surface area contributed by atoms with Gasteiger partial charge in [-0.1, -0.05) is 42.5 Å². The number of alkyl halides is 1. The maximum atomic E-state index is 13.3. The molecule has 0 saturated heterocycles. The highest BCUT2D eigenvalue weighted by molar-refractivity contribution is 5.85. The zero-order valence-corrected chi connectivity index (χ0v) is 21.4. The number of aryl methyl sites for hydroxylation is 2. The topological polar surface area (TPSA) is 75.0 Å². The lowest BCUT2D eigenvalue weighted by atomic mass is 9.85. The molecule has 1 N–H and O–H groups in total. The summed E-state index contributed by atoms with van der Waals surface area (Å²) in [6.07, 6.45) is 3.59. The standard InChI is InChI=1S/C30H34FN3O2/c1-21-10-15-28(33-20-21)36-30(3,4)29(35)34-22(2)27(26-9-5-7-25(17-26)19-32)18-24-13-11-23(12-14-24)8-6-16-31/h5,7,9-15,17,20,22,27H,6,8,16,18H2,1-4H3,(H,34,35)/t22-,27+/m0/s1. The highest BCUT2D eigenvalue weighted by Gasteiger charge is 2.33. The molecule has 6 heteroatoms. The number of nitrogens with one attached hydrogen (secondary N) is 1. The number of nitrogens with zero attached hydrogens (tertiary/aromatic N) is 2. The van der Waals surface area contributed by atoms with Gasteiger partial charge >= 0.3 is 0 Å². The lowest BCUT2D eigenvalue weighted by molar-refractivity contribution is -0.135. The summed E-state index contributed by atoms with van der Waals surface area (Å²) in [5.74, 6) is 0.0622. The molecule has 0 saturated carbocycles. The Balaban J connectivity index is 1.79. The summed E-state index contributed by atoms with van der Waals surface area (Å²) in [4.78, 5) is 17.5. The molecule has 0 aliphatic rings. The monoisotopic (exact) mass is 487 g/mol. The predicted octanol–water partition coefficient (Wildman–Crippen LogP) is 5.85. The van der Waals surface area contributed by atoms with Crippen molar-refractivity contribution in [3.05, 3.63) is 94.7 Å². The Kier molecular flexibility index (Phi) is 9.19. The van der Waals surface area contributed by atoms with Crippen molar-refractivity contribution < 1.29 is 13.9 Å². The van der Waals surface area contributed by atoms with Gasteiger partial charge in [0.2, 0.25) is 5.88 Å². The molecule has 36 heavy (non-hydrogen) atoms. The van der Waals surface area contributed by atoms with E-state index in [1.54, 1.807) is 32.2 Å². The lowest BCUT2D eigenvalue weighted by Gasteiger charge is -2.30. The number of pyridine rings is 1. The Hall–Kier alpha value is -3.72. The molecule has 5 nitrogen and oxygen atoms in total.